The predicted octanol–water partition coefficient (Wildman–Crippen LogP) is 4.92. The van der Waals surface area contributed by atoms with Crippen molar-refractivity contribution in [1.29, 1.82) is 0 Å². The van der Waals surface area contributed by atoms with Crippen LogP contribution in [-0.2, 0) is 9.22 Å². The Morgan fingerprint density at radius 2 is 2.00 bits per heavy atom. The van der Waals surface area contributed by atoms with Crippen molar-refractivity contribution in [2.45, 2.75) is 71.5 Å². The van der Waals surface area contributed by atoms with E-state index in [9.17, 15) is 4.79 Å². The van der Waals surface area contributed by atoms with Gasteiger partial charge in [-0.25, -0.2) is 0 Å². The number of carbonyl (C=O) groups is 1. The van der Waals surface area contributed by atoms with Crippen LogP contribution in [0.2, 0.25) is 18.1 Å². The van der Waals surface area contributed by atoms with Crippen LogP contribution < -0.4 is 0 Å². The van der Waals surface area contributed by atoms with Crippen LogP contribution in [0.3, 0.4) is 0 Å². The maximum Gasteiger partial charge on any atom is 0.250 e. The number of rotatable bonds is 3. The van der Waals surface area contributed by atoms with Gasteiger partial charge in [-0.05, 0) is 55.8 Å². The number of allylic oxidation sites excluding steroid dienone is 2. The van der Waals surface area contributed by atoms with E-state index in [-0.39, 0.29) is 10.5 Å². The Kier molecular flexibility index (Phi) is 3.96. The van der Waals surface area contributed by atoms with Crippen LogP contribution in [0, 0.1) is 17.3 Å². The van der Waals surface area contributed by atoms with Crippen LogP contribution in [0.25, 0.3) is 0 Å². The molecule has 0 radical (unpaired) electrons. The minimum atomic E-state index is -1.76. The molecule has 1 saturated carbocycles. The maximum atomic E-state index is 11.4. The molecular weight excluding hydrogens is 264 g/mol. The third kappa shape index (κ3) is 3.03. The van der Waals surface area contributed by atoms with Gasteiger partial charge in [0.1, 0.15) is 6.29 Å². The van der Waals surface area contributed by atoms with Gasteiger partial charge in [-0.15, -0.1) is 0 Å². The summed E-state index contributed by atoms with van der Waals surface area (Å²) in [6.07, 6.45) is 7.82. The average Bonchev–Trinajstić information content (AvgIpc) is 2.31. The molecule has 0 unspecified atom stereocenters. The second-order valence-electron chi connectivity index (χ2n) is 8.68. The highest BCUT2D eigenvalue weighted by Crippen LogP contribution is 2.49. The van der Waals surface area contributed by atoms with Crippen molar-refractivity contribution in [1.82, 2.24) is 0 Å². The Balaban J connectivity index is 2.16. The van der Waals surface area contributed by atoms with E-state index in [1.165, 1.54) is 18.5 Å². The average molecular weight is 295 g/mol. The topological polar surface area (TPSA) is 26.3 Å². The molecule has 0 saturated heterocycles. The molecule has 0 spiro atoms. The second-order valence-corrected chi connectivity index (χ2v) is 13.4. The quantitative estimate of drug-likeness (QED) is 0.545. The van der Waals surface area contributed by atoms with E-state index >= 15 is 0 Å². The van der Waals surface area contributed by atoms with E-state index in [1.54, 1.807) is 0 Å². The van der Waals surface area contributed by atoms with E-state index < -0.39 is 8.32 Å². The molecule has 0 heterocycles. The van der Waals surface area contributed by atoms with Gasteiger partial charge >= 0.3 is 0 Å². The lowest BCUT2D eigenvalue weighted by atomic mass is 9.64. The molecule has 2 aliphatic rings. The van der Waals surface area contributed by atoms with Crippen molar-refractivity contribution in [3.8, 4) is 0 Å². The van der Waals surface area contributed by atoms with Crippen LogP contribution >= 0.6 is 0 Å². The van der Waals surface area contributed by atoms with E-state index in [4.69, 9.17) is 4.43 Å². The van der Waals surface area contributed by atoms with Gasteiger partial charge < -0.3 is 9.22 Å². The Labute approximate surface area is 125 Å². The monoisotopic (exact) mass is 294 g/mol. The minimum Gasteiger partial charge on any atom is -0.547 e. The maximum absolute atomic E-state index is 11.4. The molecule has 2 nitrogen and oxygen atoms in total. The third-order valence-electron chi connectivity index (χ3n) is 5.60. The first-order chi connectivity index (χ1) is 9.06. The summed E-state index contributed by atoms with van der Waals surface area (Å²) < 4.78 is 6.55. The Bertz CT molecular complexity index is 419. The SMILES string of the molecule is CC(C)(C)[Si](C)(C)OC1=CC[C@@H]2C[C@H]1C[C@@](C)(C=O)C2. The summed E-state index contributed by atoms with van der Waals surface area (Å²) in [5, 5.41) is 0.229. The first-order valence-corrected chi connectivity index (χ1v) is 10.8. The predicted molar refractivity (Wildman–Crippen MR) is 86.0 cm³/mol. The van der Waals surface area contributed by atoms with Gasteiger partial charge in [0.15, 0.2) is 0 Å². The van der Waals surface area contributed by atoms with Gasteiger partial charge in [0, 0.05) is 11.3 Å². The summed E-state index contributed by atoms with van der Waals surface area (Å²) in [7, 11) is -1.76. The highest BCUT2D eigenvalue weighted by Gasteiger charge is 2.44. The van der Waals surface area contributed by atoms with Crippen LogP contribution in [-0.4, -0.2) is 14.6 Å². The zero-order valence-corrected chi connectivity index (χ0v) is 15.0. The lowest BCUT2D eigenvalue weighted by Crippen LogP contribution is -2.43. The fraction of sp³-hybridized carbons (Fsp3) is 0.824. The summed E-state index contributed by atoms with van der Waals surface area (Å²) in [6.45, 7) is 13.6. The summed E-state index contributed by atoms with van der Waals surface area (Å²) in [5.41, 5.74) is -0.135. The van der Waals surface area contributed by atoms with Gasteiger partial charge in [0.2, 0.25) is 8.32 Å². The number of hydrogen-bond acceptors (Lipinski definition) is 2. The molecule has 1 fully saturated rings. The molecule has 2 aliphatic carbocycles. The van der Waals surface area contributed by atoms with Gasteiger partial charge in [-0.1, -0.05) is 27.7 Å². The fourth-order valence-corrected chi connectivity index (χ4v) is 4.53. The van der Waals surface area contributed by atoms with Gasteiger partial charge in [-0.3, -0.25) is 0 Å². The lowest BCUT2D eigenvalue weighted by molar-refractivity contribution is -0.118. The summed E-state index contributed by atoms with van der Waals surface area (Å²) in [4.78, 5) is 11.4. The van der Waals surface area contributed by atoms with E-state index in [0.29, 0.717) is 11.8 Å². The molecule has 3 heteroatoms. The number of carbonyl (C=O) groups excluding carboxylic acids is 1. The Morgan fingerprint density at radius 1 is 1.35 bits per heavy atom. The first kappa shape index (κ1) is 15.8. The molecule has 3 atom stereocenters. The molecule has 0 N–H and O–H groups in total. The molecule has 20 heavy (non-hydrogen) atoms. The van der Waals surface area contributed by atoms with Gasteiger partial charge in [-0.2, -0.15) is 0 Å². The standard InChI is InChI=1S/C17H30O2Si/c1-16(2,3)20(5,6)19-15-8-7-13-9-14(15)11-17(4,10-13)12-18/h8,12-14H,7,9-11H2,1-6H3/t13-,14+,17+/m1/s1. The van der Waals surface area contributed by atoms with E-state index in [2.05, 4.69) is 46.9 Å². The van der Waals surface area contributed by atoms with Crippen molar-refractivity contribution >= 4 is 14.6 Å². The van der Waals surface area contributed by atoms with Crippen LogP contribution in [0.1, 0.15) is 53.4 Å². The summed E-state index contributed by atoms with van der Waals surface area (Å²) in [6, 6.07) is 0. The fourth-order valence-electron chi connectivity index (χ4n) is 3.39. The smallest absolute Gasteiger partial charge is 0.250 e. The number of hydrogen-bond donors (Lipinski definition) is 0. The van der Waals surface area contributed by atoms with Crippen molar-refractivity contribution in [2.75, 3.05) is 0 Å². The summed E-state index contributed by atoms with van der Waals surface area (Å²) in [5.74, 6) is 2.34. The molecular formula is C17H30O2Si. The third-order valence-corrected chi connectivity index (χ3v) is 9.96. The number of fused-ring (bicyclic) bond motifs is 2. The second kappa shape index (κ2) is 5.01. The van der Waals surface area contributed by atoms with Crippen molar-refractivity contribution < 1.29 is 9.22 Å². The molecule has 0 aromatic heterocycles. The lowest BCUT2D eigenvalue weighted by Gasteiger charge is -2.46. The summed E-state index contributed by atoms with van der Waals surface area (Å²) >= 11 is 0. The molecule has 0 aliphatic heterocycles. The van der Waals surface area contributed by atoms with Crippen LogP contribution in [0.4, 0.5) is 0 Å². The van der Waals surface area contributed by atoms with Gasteiger partial charge in [0.05, 0.1) is 5.76 Å². The highest BCUT2D eigenvalue weighted by molar-refractivity contribution is 6.74. The molecule has 0 amide bonds. The molecule has 2 rings (SSSR count). The highest BCUT2D eigenvalue weighted by atomic mass is 28.4. The molecule has 114 valence electrons. The zero-order chi connectivity index (χ0) is 15.2. The van der Waals surface area contributed by atoms with Crippen LogP contribution in [0.15, 0.2) is 11.8 Å². The van der Waals surface area contributed by atoms with Crippen molar-refractivity contribution in [3.05, 3.63) is 11.8 Å². The Morgan fingerprint density at radius 3 is 2.55 bits per heavy atom. The molecule has 0 aromatic carbocycles. The molecule has 2 bridgehead atoms. The van der Waals surface area contributed by atoms with E-state index in [1.807, 2.05) is 0 Å². The normalized spacial score (nSPS) is 34.4. The Hall–Kier alpha value is -0.573. The minimum absolute atomic E-state index is 0.135. The first-order valence-electron chi connectivity index (χ1n) is 7.92. The number of aldehydes is 1. The molecule has 0 aromatic rings. The van der Waals surface area contributed by atoms with E-state index in [0.717, 1.165) is 19.3 Å². The van der Waals surface area contributed by atoms with Crippen molar-refractivity contribution in [2.24, 2.45) is 17.3 Å². The van der Waals surface area contributed by atoms with Gasteiger partial charge in [0.25, 0.3) is 0 Å². The largest absolute Gasteiger partial charge is 0.547 e. The van der Waals surface area contributed by atoms with Crippen molar-refractivity contribution in [3.63, 3.8) is 0 Å². The zero-order valence-electron chi connectivity index (χ0n) is 14.0. The van der Waals surface area contributed by atoms with Crippen LogP contribution in [0.5, 0.6) is 0 Å².